The second-order valence-electron chi connectivity index (χ2n) is 6.53. The number of carbonyl (C=O) groups is 2. The summed E-state index contributed by atoms with van der Waals surface area (Å²) in [5, 5.41) is 11.6. The van der Waals surface area contributed by atoms with Crippen LogP contribution in [0.2, 0.25) is 0 Å². The second-order valence-corrected chi connectivity index (χ2v) is 6.53. The minimum absolute atomic E-state index is 0.0742. The molecule has 2 amide bonds. The average Bonchev–Trinajstić information content (AvgIpc) is 2.73. The molecule has 2 heterocycles. The van der Waals surface area contributed by atoms with Gasteiger partial charge in [-0.1, -0.05) is 18.2 Å². The quantitative estimate of drug-likeness (QED) is 0.816. The van der Waals surface area contributed by atoms with Crippen LogP contribution in [-0.4, -0.2) is 53.5 Å². The zero-order valence-electron chi connectivity index (χ0n) is 15.6. The number of hydrogen-bond acceptors (Lipinski definition) is 5. The first-order chi connectivity index (χ1) is 13.5. The van der Waals surface area contributed by atoms with Gasteiger partial charge in [-0.05, 0) is 36.6 Å². The van der Waals surface area contributed by atoms with Crippen molar-refractivity contribution in [3.63, 3.8) is 0 Å². The smallest absolute Gasteiger partial charge is 0.411 e. The van der Waals surface area contributed by atoms with E-state index in [0.29, 0.717) is 38.2 Å². The fraction of sp³-hybridized carbons (Fsp3) is 0.350. The van der Waals surface area contributed by atoms with Gasteiger partial charge in [0, 0.05) is 30.5 Å². The highest BCUT2D eigenvalue weighted by atomic mass is 16.5. The Morgan fingerprint density at radius 1 is 1.18 bits per heavy atom. The first kappa shape index (κ1) is 19.6. The SMILES string of the molecule is COC(=O)Nc1ccc(-c2ccc(COC3CCN(C(=O)O)CC3)cn2)cc1. The average molecular weight is 385 g/mol. The van der Waals surface area contributed by atoms with Crippen LogP contribution >= 0.6 is 0 Å². The van der Waals surface area contributed by atoms with E-state index in [4.69, 9.17) is 9.84 Å². The number of rotatable bonds is 5. The minimum atomic E-state index is -0.868. The normalized spacial score (nSPS) is 14.5. The number of likely N-dealkylation sites (tertiary alicyclic amines) is 1. The van der Waals surface area contributed by atoms with Crippen LogP contribution in [0.1, 0.15) is 18.4 Å². The Morgan fingerprint density at radius 2 is 1.89 bits per heavy atom. The molecule has 2 N–H and O–H groups in total. The number of benzene rings is 1. The van der Waals surface area contributed by atoms with Crippen LogP contribution in [0.5, 0.6) is 0 Å². The lowest BCUT2D eigenvalue weighted by atomic mass is 10.1. The van der Waals surface area contributed by atoms with Gasteiger partial charge >= 0.3 is 12.2 Å². The van der Waals surface area contributed by atoms with Gasteiger partial charge in [0.2, 0.25) is 0 Å². The predicted octanol–water partition coefficient (Wildman–Crippen LogP) is 3.59. The molecular formula is C20H23N3O5. The van der Waals surface area contributed by atoms with Crippen LogP contribution in [0.15, 0.2) is 42.6 Å². The maximum absolute atomic E-state index is 11.2. The molecule has 0 radical (unpaired) electrons. The molecule has 1 fully saturated rings. The number of aromatic nitrogens is 1. The number of piperidine rings is 1. The van der Waals surface area contributed by atoms with E-state index in [-0.39, 0.29) is 6.10 Å². The third kappa shape index (κ3) is 5.20. The molecule has 1 aliphatic rings. The summed E-state index contributed by atoms with van der Waals surface area (Å²) in [5.74, 6) is 0. The third-order valence-corrected chi connectivity index (χ3v) is 4.64. The fourth-order valence-electron chi connectivity index (χ4n) is 3.00. The van der Waals surface area contributed by atoms with E-state index in [9.17, 15) is 9.59 Å². The van der Waals surface area contributed by atoms with Gasteiger partial charge in [0.25, 0.3) is 0 Å². The van der Waals surface area contributed by atoms with Crippen molar-refractivity contribution < 1.29 is 24.2 Å². The Labute approximate surface area is 163 Å². The first-order valence-electron chi connectivity index (χ1n) is 9.05. The molecule has 0 unspecified atom stereocenters. The summed E-state index contributed by atoms with van der Waals surface area (Å²) >= 11 is 0. The highest BCUT2D eigenvalue weighted by molar-refractivity contribution is 5.84. The molecule has 1 aliphatic heterocycles. The molecule has 8 nitrogen and oxygen atoms in total. The Kier molecular flexibility index (Phi) is 6.44. The van der Waals surface area contributed by atoms with Crippen molar-refractivity contribution >= 4 is 17.9 Å². The molecule has 1 saturated heterocycles. The van der Waals surface area contributed by atoms with Crippen molar-refractivity contribution in [2.24, 2.45) is 0 Å². The van der Waals surface area contributed by atoms with Gasteiger partial charge < -0.3 is 19.5 Å². The molecular weight excluding hydrogens is 362 g/mol. The lowest BCUT2D eigenvalue weighted by Gasteiger charge is -2.29. The summed E-state index contributed by atoms with van der Waals surface area (Å²) in [6.07, 6.45) is 1.90. The lowest BCUT2D eigenvalue weighted by Crippen LogP contribution is -2.40. The van der Waals surface area contributed by atoms with Crippen LogP contribution in [-0.2, 0) is 16.1 Å². The van der Waals surface area contributed by atoms with E-state index in [0.717, 1.165) is 16.8 Å². The Hall–Kier alpha value is -3.13. The number of nitrogens with one attached hydrogen (secondary N) is 1. The summed E-state index contributed by atoms with van der Waals surface area (Å²) in [7, 11) is 1.32. The minimum Gasteiger partial charge on any atom is -0.465 e. The summed E-state index contributed by atoms with van der Waals surface area (Å²) < 4.78 is 10.5. The van der Waals surface area contributed by atoms with Crippen molar-refractivity contribution in [3.05, 3.63) is 48.2 Å². The summed E-state index contributed by atoms with van der Waals surface area (Å²) in [4.78, 5) is 28.0. The standard InChI is InChI=1S/C20H23N3O5/c1-27-19(24)22-16-5-3-15(4-6-16)18-7-2-14(12-21-18)13-28-17-8-10-23(11-9-17)20(25)26/h2-7,12,17H,8-11,13H2,1H3,(H,22,24)(H,25,26). The number of carboxylic acid groups (broad SMARTS) is 1. The van der Waals surface area contributed by atoms with E-state index in [2.05, 4.69) is 15.0 Å². The monoisotopic (exact) mass is 385 g/mol. The molecule has 0 bridgehead atoms. The Balaban J connectivity index is 1.51. The number of methoxy groups -OCH3 is 1. The van der Waals surface area contributed by atoms with Gasteiger partial charge in [0.15, 0.2) is 0 Å². The van der Waals surface area contributed by atoms with E-state index < -0.39 is 12.2 Å². The molecule has 8 heteroatoms. The zero-order chi connectivity index (χ0) is 19.9. The van der Waals surface area contributed by atoms with E-state index in [1.54, 1.807) is 18.3 Å². The molecule has 0 atom stereocenters. The third-order valence-electron chi connectivity index (χ3n) is 4.64. The largest absolute Gasteiger partial charge is 0.465 e. The first-order valence-corrected chi connectivity index (χ1v) is 9.05. The van der Waals surface area contributed by atoms with Crippen LogP contribution in [0.3, 0.4) is 0 Å². The zero-order valence-corrected chi connectivity index (χ0v) is 15.6. The maximum atomic E-state index is 11.2. The highest BCUT2D eigenvalue weighted by Crippen LogP contribution is 2.21. The van der Waals surface area contributed by atoms with Crippen LogP contribution < -0.4 is 5.32 Å². The Morgan fingerprint density at radius 3 is 2.46 bits per heavy atom. The molecule has 148 valence electrons. The van der Waals surface area contributed by atoms with E-state index >= 15 is 0 Å². The van der Waals surface area contributed by atoms with Crippen molar-refractivity contribution in [1.29, 1.82) is 0 Å². The van der Waals surface area contributed by atoms with Crippen LogP contribution in [0, 0.1) is 0 Å². The summed E-state index contributed by atoms with van der Waals surface area (Å²) in [6, 6.07) is 11.2. The fourth-order valence-corrected chi connectivity index (χ4v) is 3.00. The number of carbonyl (C=O) groups excluding carboxylic acids is 1. The molecule has 1 aromatic heterocycles. The lowest BCUT2D eigenvalue weighted by molar-refractivity contribution is 0.000280. The molecule has 2 aromatic rings. The molecule has 0 aliphatic carbocycles. The molecule has 3 rings (SSSR count). The van der Waals surface area contributed by atoms with Gasteiger partial charge in [0.05, 0.1) is 25.5 Å². The molecule has 28 heavy (non-hydrogen) atoms. The van der Waals surface area contributed by atoms with Gasteiger partial charge in [-0.15, -0.1) is 0 Å². The summed E-state index contributed by atoms with van der Waals surface area (Å²) in [6.45, 7) is 1.48. The number of ether oxygens (including phenoxy) is 2. The van der Waals surface area contributed by atoms with E-state index in [1.807, 2.05) is 24.3 Å². The van der Waals surface area contributed by atoms with E-state index in [1.165, 1.54) is 12.0 Å². The van der Waals surface area contributed by atoms with Crippen LogP contribution in [0.25, 0.3) is 11.3 Å². The van der Waals surface area contributed by atoms with Crippen LogP contribution in [0.4, 0.5) is 15.3 Å². The van der Waals surface area contributed by atoms with Gasteiger partial charge in [-0.25, -0.2) is 9.59 Å². The van der Waals surface area contributed by atoms with Crippen molar-refractivity contribution in [2.45, 2.75) is 25.6 Å². The van der Waals surface area contributed by atoms with Crippen molar-refractivity contribution in [3.8, 4) is 11.3 Å². The van der Waals surface area contributed by atoms with Gasteiger partial charge in [0.1, 0.15) is 0 Å². The Bertz CT molecular complexity index is 800. The topological polar surface area (TPSA) is 101 Å². The van der Waals surface area contributed by atoms with Crippen molar-refractivity contribution in [1.82, 2.24) is 9.88 Å². The van der Waals surface area contributed by atoms with Crippen molar-refractivity contribution in [2.75, 3.05) is 25.5 Å². The second kappa shape index (κ2) is 9.18. The van der Waals surface area contributed by atoms with Gasteiger partial charge in [-0.2, -0.15) is 0 Å². The number of anilines is 1. The van der Waals surface area contributed by atoms with Gasteiger partial charge in [-0.3, -0.25) is 10.3 Å². The molecule has 0 saturated carbocycles. The predicted molar refractivity (Wildman–Crippen MR) is 103 cm³/mol. The molecule has 0 spiro atoms. The molecule has 1 aromatic carbocycles. The summed E-state index contributed by atoms with van der Waals surface area (Å²) in [5.41, 5.74) is 3.37. The maximum Gasteiger partial charge on any atom is 0.411 e. The number of nitrogens with zero attached hydrogens (tertiary/aromatic N) is 2. The highest BCUT2D eigenvalue weighted by Gasteiger charge is 2.22. The number of pyridine rings is 1. The number of amides is 2. The number of hydrogen-bond donors (Lipinski definition) is 2.